The van der Waals surface area contributed by atoms with Crippen LogP contribution in [0.25, 0.3) is 0 Å². The van der Waals surface area contributed by atoms with Gasteiger partial charge >= 0.3 is 0 Å². The molecule has 1 amide bonds. The molecule has 3 saturated heterocycles. The van der Waals surface area contributed by atoms with E-state index in [0.717, 1.165) is 51.9 Å². The van der Waals surface area contributed by atoms with Crippen molar-refractivity contribution >= 4 is 15.9 Å². The Labute approximate surface area is 163 Å². The minimum absolute atomic E-state index is 0.0714. The molecular weight excluding hydrogens is 366 g/mol. The van der Waals surface area contributed by atoms with Crippen molar-refractivity contribution in [3.8, 4) is 0 Å². The van der Waals surface area contributed by atoms with Crippen molar-refractivity contribution in [3.05, 3.63) is 0 Å². The van der Waals surface area contributed by atoms with E-state index in [1.807, 2.05) is 0 Å². The number of hydrogen-bond donors (Lipinski definition) is 0. The average molecular weight is 400 g/mol. The summed E-state index contributed by atoms with van der Waals surface area (Å²) in [5.74, 6) is 1.17. The summed E-state index contributed by atoms with van der Waals surface area (Å²) in [6.45, 7) is 4.73. The Morgan fingerprint density at radius 3 is 2.30 bits per heavy atom. The van der Waals surface area contributed by atoms with Gasteiger partial charge in [-0.1, -0.05) is 12.8 Å². The molecular formula is C19H33N3O4S. The van der Waals surface area contributed by atoms with Gasteiger partial charge in [-0.3, -0.25) is 9.69 Å². The van der Waals surface area contributed by atoms with Crippen molar-refractivity contribution in [1.29, 1.82) is 0 Å². The second kappa shape index (κ2) is 8.35. The molecule has 0 unspecified atom stereocenters. The smallest absolute Gasteiger partial charge is 0.240 e. The SMILES string of the molecule is O=C1[C@@H](N2CCN(S(=O)(=O)CCC3CC3)CC2)CCCN1C1CCOCC1. The Morgan fingerprint density at radius 2 is 1.63 bits per heavy atom. The summed E-state index contributed by atoms with van der Waals surface area (Å²) in [6, 6.07) is 0.246. The maximum atomic E-state index is 13.1. The Hall–Kier alpha value is -0.700. The van der Waals surface area contributed by atoms with Crippen LogP contribution in [0.2, 0.25) is 0 Å². The Bertz CT molecular complexity index is 623. The first kappa shape index (κ1) is 19.6. The van der Waals surface area contributed by atoms with E-state index in [2.05, 4.69) is 9.80 Å². The molecule has 4 rings (SSSR count). The average Bonchev–Trinajstić information content (AvgIpc) is 3.52. The zero-order valence-corrected chi connectivity index (χ0v) is 17.0. The summed E-state index contributed by atoms with van der Waals surface area (Å²) in [5.41, 5.74) is 0. The minimum atomic E-state index is -3.14. The number of piperidine rings is 1. The highest BCUT2D eigenvalue weighted by Gasteiger charge is 2.39. The predicted molar refractivity (Wildman–Crippen MR) is 103 cm³/mol. The number of ether oxygens (including phenoxy) is 1. The van der Waals surface area contributed by atoms with Gasteiger partial charge in [0.15, 0.2) is 0 Å². The Kier molecular flexibility index (Phi) is 6.06. The molecule has 8 heteroatoms. The van der Waals surface area contributed by atoms with Crippen LogP contribution in [-0.2, 0) is 19.6 Å². The second-order valence-corrected chi connectivity index (χ2v) is 10.6. The van der Waals surface area contributed by atoms with Gasteiger partial charge in [0, 0.05) is 52.0 Å². The molecule has 3 heterocycles. The molecule has 4 fully saturated rings. The summed E-state index contributed by atoms with van der Waals surface area (Å²) in [6.07, 6.45) is 6.99. The first-order valence-corrected chi connectivity index (χ1v) is 12.3. The fourth-order valence-corrected chi connectivity index (χ4v) is 6.33. The molecule has 0 bridgehead atoms. The molecule has 27 heavy (non-hydrogen) atoms. The third kappa shape index (κ3) is 4.66. The van der Waals surface area contributed by atoms with Crippen molar-refractivity contribution < 1.29 is 17.9 Å². The topological polar surface area (TPSA) is 70.2 Å². The van der Waals surface area contributed by atoms with Gasteiger partial charge in [-0.15, -0.1) is 0 Å². The van der Waals surface area contributed by atoms with E-state index < -0.39 is 10.0 Å². The molecule has 3 aliphatic heterocycles. The fraction of sp³-hybridized carbons (Fsp3) is 0.947. The summed E-state index contributed by atoms with van der Waals surface area (Å²) >= 11 is 0. The lowest BCUT2D eigenvalue weighted by molar-refractivity contribution is -0.145. The summed E-state index contributed by atoms with van der Waals surface area (Å²) in [7, 11) is -3.14. The largest absolute Gasteiger partial charge is 0.381 e. The van der Waals surface area contributed by atoms with Crippen LogP contribution < -0.4 is 0 Å². The molecule has 0 spiro atoms. The van der Waals surface area contributed by atoms with Crippen molar-refractivity contribution in [3.63, 3.8) is 0 Å². The first-order valence-electron chi connectivity index (χ1n) is 10.6. The van der Waals surface area contributed by atoms with Crippen LogP contribution >= 0.6 is 0 Å². The number of carbonyl (C=O) groups is 1. The van der Waals surface area contributed by atoms with Crippen LogP contribution in [0.4, 0.5) is 0 Å². The van der Waals surface area contributed by atoms with Crippen LogP contribution in [0, 0.1) is 5.92 Å². The highest BCUT2D eigenvalue weighted by Crippen LogP contribution is 2.33. The lowest BCUT2D eigenvalue weighted by Gasteiger charge is -2.45. The van der Waals surface area contributed by atoms with Crippen LogP contribution in [-0.4, -0.2) is 92.2 Å². The maximum absolute atomic E-state index is 13.1. The molecule has 1 aliphatic carbocycles. The normalized spacial score (nSPS) is 30.0. The summed E-state index contributed by atoms with van der Waals surface area (Å²) in [5, 5.41) is 0. The van der Waals surface area contributed by atoms with Crippen molar-refractivity contribution in [2.45, 2.75) is 57.0 Å². The van der Waals surface area contributed by atoms with Crippen LogP contribution in [0.1, 0.15) is 44.9 Å². The Balaban J connectivity index is 1.31. The summed E-state index contributed by atoms with van der Waals surface area (Å²) < 4.78 is 32.2. The highest BCUT2D eigenvalue weighted by molar-refractivity contribution is 7.89. The van der Waals surface area contributed by atoms with Gasteiger partial charge in [-0.2, -0.15) is 4.31 Å². The lowest BCUT2D eigenvalue weighted by atomic mass is 9.97. The molecule has 154 valence electrons. The zero-order chi connectivity index (χ0) is 18.9. The first-order chi connectivity index (χ1) is 13.0. The van der Waals surface area contributed by atoms with E-state index in [0.29, 0.717) is 38.1 Å². The second-order valence-electron chi connectivity index (χ2n) is 8.52. The number of likely N-dealkylation sites (tertiary alicyclic amines) is 1. The monoisotopic (exact) mass is 399 g/mol. The van der Waals surface area contributed by atoms with Gasteiger partial charge in [0.1, 0.15) is 0 Å². The molecule has 0 aromatic carbocycles. The molecule has 4 aliphatic rings. The highest BCUT2D eigenvalue weighted by atomic mass is 32.2. The van der Waals surface area contributed by atoms with E-state index in [1.165, 1.54) is 12.8 Å². The summed E-state index contributed by atoms with van der Waals surface area (Å²) in [4.78, 5) is 17.4. The predicted octanol–water partition coefficient (Wildman–Crippen LogP) is 0.904. The van der Waals surface area contributed by atoms with Crippen molar-refractivity contribution in [2.75, 3.05) is 51.7 Å². The van der Waals surface area contributed by atoms with Gasteiger partial charge in [-0.25, -0.2) is 8.42 Å². The van der Waals surface area contributed by atoms with Gasteiger partial charge in [-0.05, 0) is 38.0 Å². The number of sulfonamides is 1. The molecule has 0 radical (unpaired) electrons. The third-order valence-corrected chi connectivity index (χ3v) is 8.57. The maximum Gasteiger partial charge on any atom is 0.240 e. The molecule has 0 N–H and O–H groups in total. The van der Waals surface area contributed by atoms with Crippen molar-refractivity contribution in [2.24, 2.45) is 5.92 Å². The van der Waals surface area contributed by atoms with Crippen LogP contribution in [0.3, 0.4) is 0 Å². The number of carbonyl (C=O) groups excluding carboxylic acids is 1. The third-order valence-electron chi connectivity index (χ3n) is 6.66. The fourth-order valence-electron chi connectivity index (χ4n) is 4.72. The van der Waals surface area contributed by atoms with E-state index in [-0.39, 0.29) is 17.7 Å². The molecule has 1 atom stereocenters. The number of piperazine rings is 1. The molecule has 7 nitrogen and oxygen atoms in total. The Morgan fingerprint density at radius 1 is 0.926 bits per heavy atom. The van der Waals surface area contributed by atoms with Gasteiger partial charge in [0.25, 0.3) is 0 Å². The number of nitrogens with zero attached hydrogens (tertiary/aromatic N) is 3. The minimum Gasteiger partial charge on any atom is -0.381 e. The van der Waals surface area contributed by atoms with Crippen LogP contribution in [0.5, 0.6) is 0 Å². The van der Waals surface area contributed by atoms with E-state index >= 15 is 0 Å². The van der Waals surface area contributed by atoms with Crippen molar-refractivity contribution in [1.82, 2.24) is 14.1 Å². The van der Waals surface area contributed by atoms with Gasteiger partial charge < -0.3 is 9.64 Å². The van der Waals surface area contributed by atoms with E-state index in [9.17, 15) is 13.2 Å². The van der Waals surface area contributed by atoms with E-state index in [4.69, 9.17) is 4.74 Å². The van der Waals surface area contributed by atoms with Crippen LogP contribution in [0.15, 0.2) is 0 Å². The lowest BCUT2D eigenvalue weighted by Crippen LogP contribution is -2.60. The molecule has 0 aromatic heterocycles. The zero-order valence-electron chi connectivity index (χ0n) is 16.2. The van der Waals surface area contributed by atoms with Gasteiger partial charge in [0.05, 0.1) is 11.8 Å². The quantitative estimate of drug-likeness (QED) is 0.664. The standard InChI is InChI=1S/C19H33N3O4S/c23-19-18(2-1-8-22(19)17-5-13-26-14-6-17)20-9-11-21(12-10-20)27(24,25)15-7-16-3-4-16/h16-18H,1-15H2/t18-/m0/s1. The number of hydrogen-bond acceptors (Lipinski definition) is 5. The number of rotatable bonds is 6. The molecule has 0 aromatic rings. The molecule has 1 saturated carbocycles. The van der Waals surface area contributed by atoms with Gasteiger partial charge in [0.2, 0.25) is 15.9 Å². The number of amides is 1. The van der Waals surface area contributed by atoms with E-state index in [1.54, 1.807) is 4.31 Å².